The van der Waals surface area contributed by atoms with E-state index in [9.17, 15) is 28.9 Å². The van der Waals surface area contributed by atoms with Crippen LogP contribution in [0.4, 0.5) is 4.79 Å². The average Bonchev–Trinajstić information content (AvgIpc) is 3.30. The molecule has 21 heteroatoms. The number of urea groups is 1. The molecule has 0 bridgehead atoms. The highest BCUT2D eigenvalue weighted by Gasteiger charge is 2.51. The summed E-state index contributed by atoms with van der Waals surface area (Å²) in [7, 11) is 4.75. The van der Waals surface area contributed by atoms with Crippen LogP contribution in [0.1, 0.15) is 53.4 Å². The molecule has 0 aromatic rings. The smallest absolute Gasteiger partial charge is 0.324 e. The van der Waals surface area contributed by atoms with Gasteiger partial charge in [-0.3, -0.25) is 19.2 Å². The molecule has 0 saturated carbocycles. The van der Waals surface area contributed by atoms with Crippen molar-refractivity contribution in [2.24, 2.45) is 5.92 Å². The lowest BCUT2D eigenvalue weighted by Gasteiger charge is -2.44. The Bertz CT molecular complexity index is 1190. The Morgan fingerprint density at radius 2 is 1.46 bits per heavy atom. The number of hydrogen-bond donors (Lipinski definition) is 4. The van der Waals surface area contributed by atoms with Gasteiger partial charge in [-0.2, -0.15) is 0 Å². The van der Waals surface area contributed by atoms with Gasteiger partial charge in [-0.15, -0.1) is 0 Å². The summed E-state index contributed by atoms with van der Waals surface area (Å²) in [6, 6.07) is -1.60. The fourth-order valence-electron chi connectivity index (χ4n) is 5.70. The van der Waals surface area contributed by atoms with Crippen molar-refractivity contribution in [2.45, 2.75) is 102 Å². The molecule has 18 nitrogen and oxygen atoms in total. The Morgan fingerprint density at radius 1 is 0.840 bits per heavy atom. The van der Waals surface area contributed by atoms with Crippen LogP contribution in [-0.4, -0.2) is 139 Å². The molecule has 0 spiro atoms. The van der Waals surface area contributed by atoms with Gasteiger partial charge in [-0.05, 0) is 37.5 Å². The first kappa shape index (κ1) is 43.7. The number of carbonyl (C=O) groups excluding carboxylic acids is 5. The maximum atomic E-state index is 12.4. The van der Waals surface area contributed by atoms with Gasteiger partial charge in [0.15, 0.2) is 18.5 Å². The first-order valence-electron chi connectivity index (χ1n) is 16.3. The summed E-state index contributed by atoms with van der Waals surface area (Å²) in [5.74, 6) is -2.60. The van der Waals surface area contributed by atoms with E-state index in [0.29, 0.717) is 38.8 Å². The third kappa shape index (κ3) is 15.1. The number of rotatable bonds is 20. The van der Waals surface area contributed by atoms with Crippen LogP contribution in [0.2, 0.25) is 0 Å². The van der Waals surface area contributed by atoms with E-state index in [2.05, 4.69) is 16.0 Å². The molecule has 2 unspecified atom stereocenters. The molecule has 2 heterocycles. The van der Waals surface area contributed by atoms with Gasteiger partial charge in [0.1, 0.15) is 38.8 Å². The van der Waals surface area contributed by atoms with Crippen molar-refractivity contribution >= 4 is 56.2 Å². The van der Waals surface area contributed by atoms with E-state index in [1.807, 2.05) is 7.85 Å². The fraction of sp³-hybridized carbons (Fsp3) is 0.828. The fourth-order valence-corrected chi connectivity index (χ4v) is 6.68. The number of hydrogen-bond acceptors (Lipinski definition) is 15. The second-order valence-electron chi connectivity index (χ2n) is 11.8. The second kappa shape index (κ2) is 21.8. The lowest BCUT2D eigenvalue weighted by atomic mass is 9.82. The van der Waals surface area contributed by atoms with Crippen LogP contribution in [0, 0.1) is 5.92 Å². The van der Waals surface area contributed by atoms with Gasteiger partial charge in [0, 0.05) is 73.5 Å². The largest absolute Gasteiger partial charge is 0.463 e. The molecule has 2 fully saturated rings. The molecule has 50 heavy (non-hydrogen) atoms. The van der Waals surface area contributed by atoms with Crippen molar-refractivity contribution in [1.29, 1.82) is 0 Å². The number of unbranched alkanes of at least 4 members (excludes halogenated alkanes) is 1. The van der Waals surface area contributed by atoms with Crippen LogP contribution < -0.4 is 16.0 Å². The van der Waals surface area contributed by atoms with Crippen LogP contribution in [-0.2, 0) is 73.2 Å². The first-order chi connectivity index (χ1) is 23.6. The summed E-state index contributed by atoms with van der Waals surface area (Å²) >= 11 is 5.04. The molecule has 10 atom stereocenters. The van der Waals surface area contributed by atoms with Gasteiger partial charge in [0.05, 0.1) is 6.61 Å². The highest BCUT2D eigenvalue weighted by atomic mass is 32.5. The van der Waals surface area contributed by atoms with Crippen LogP contribution >= 0.6 is 6.72 Å². The number of carbonyl (C=O) groups is 5. The molecular weight excluding hydrogens is 704 g/mol. The lowest BCUT2D eigenvalue weighted by Crippen LogP contribution is -2.66. The molecule has 2 aliphatic heterocycles. The third-order valence-electron chi connectivity index (χ3n) is 7.81. The number of esters is 3. The lowest BCUT2D eigenvalue weighted by molar-refractivity contribution is -0.277. The standard InChI is InChI=1S/C29H51BN3O15PS/c1-16(34)33-23-26(45-19(4)37)25(44-18(3)36)22(15-43-17(2)35)47-28(23)42-13-8-7-11-31-29(38)32-12-9-10-20-24(48-49(39,50)41-6)21(14-40-5)46-27(20)30/h20-28H,7-15,30H2,1-6H3,(H,33,34)(H,39,50)(H2,31,32,38)/t20-,21+,22+,23+,24?,25-,26+,27+,28+,49?/m0/s1. The first-order valence-corrected chi connectivity index (χ1v) is 18.9. The molecule has 0 aliphatic carbocycles. The number of amides is 3. The maximum absolute atomic E-state index is 12.4. The van der Waals surface area contributed by atoms with Crippen molar-refractivity contribution in [3.05, 3.63) is 0 Å². The minimum atomic E-state index is -3.43. The van der Waals surface area contributed by atoms with E-state index in [0.717, 1.165) is 13.8 Å². The zero-order chi connectivity index (χ0) is 37.4. The van der Waals surface area contributed by atoms with E-state index in [1.165, 1.54) is 21.0 Å². The van der Waals surface area contributed by atoms with Crippen LogP contribution in [0.5, 0.6) is 0 Å². The van der Waals surface area contributed by atoms with E-state index < -0.39 is 73.4 Å². The van der Waals surface area contributed by atoms with Gasteiger partial charge < -0.3 is 63.0 Å². The van der Waals surface area contributed by atoms with Crippen molar-refractivity contribution in [2.75, 3.05) is 47.1 Å². The molecular formula is C29H51BN3O15PS. The van der Waals surface area contributed by atoms with Crippen LogP contribution in [0.25, 0.3) is 0 Å². The molecule has 286 valence electrons. The van der Waals surface area contributed by atoms with Gasteiger partial charge in [-0.1, -0.05) is 0 Å². The van der Waals surface area contributed by atoms with Crippen molar-refractivity contribution < 1.29 is 71.1 Å². The van der Waals surface area contributed by atoms with Gasteiger partial charge in [-0.25, -0.2) is 4.79 Å². The van der Waals surface area contributed by atoms with Crippen LogP contribution in [0.3, 0.4) is 0 Å². The van der Waals surface area contributed by atoms with E-state index in [-0.39, 0.29) is 37.8 Å². The van der Waals surface area contributed by atoms with Crippen molar-refractivity contribution in [1.82, 2.24) is 16.0 Å². The summed E-state index contributed by atoms with van der Waals surface area (Å²) in [6.07, 6.45) is -3.36. The van der Waals surface area contributed by atoms with Crippen LogP contribution in [0.15, 0.2) is 0 Å². The summed E-state index contributed by atoms with van der Waals surface area (Å²) in [6.45, 7) is 2.10. The highest BCUT2D eigenvalue weighted by Crippen LogP contribution is 2.48. The Hall–Kier alpha value is -2.42. The molecule has 0 aromatic heterocycles. The Morgan fingerprint density at radius 3 is 2.04 bits per heavy atom. The SMILES string of the molecule is B[C@@H]1O[C@H](COC)C(OP(O)(=S)OC)[C@@H]1CCCNC(=O)NCCCCO[C@@H]1O[C@H](COC(C)=O)[C@H](OC(C)=O)[C@H](OC(C)=O)[C@H]1NC(C)=O. The third-order valence-corrected chi connectivity index (χ3v) is 9.48. The maximum Gasteiger partial charge on any atom is 0.324 e. The molecule has 2 saturated heterocycles. The zero-order valence-electron chi connectivity index (χ0n) is 29.6. The minimum absolute atomic E-state index is 0.100. The normalized spacial score (nSPS) is 28.9. The second-order valence-corrected chi connectivity index (χ2v) is 14.7. The summed E-state index contributed by atoms with van der Waals surface area (Å²) in [5, 5.41) is 8.23. The van der Waals surface area contributed by atoms with E-state index in [4.69, 9.17) is 54.0 Å². The minimum Gasteiger partial charge on any atom is -0.463 e. The quantitative estimate of drug-likeness (QED) is 0.0400. The average molecular weight is 756 g/mol. The summed E-state index contributed by atoms with van der Waals surface area (Å²) in [5.41, 5.74) is 0. The molecule has 0 radical (unpaired) electrons. The van der Waals surface area contributed by atoms with Gasteiger partial charge >= 0.3 is 30.7 Å². The van der Waals surface area contributed by atoms with Gasteiger partial charge in [0.2, 0.25) is 5.91 Å². The predicted octanol–water partition coefficient (Wildman–Crippen LogP) is -0.612. The van der Waals surface area contributed by atoms with Crippen molar-refractivity contribution in [3.8, 4) is 0 Å². The Labute approximate surface area is 298 Å². The molecule has 2 rings (SSSR count). The summed E-state index contributed by atoms with van der Waals surface area (Å²) in [4.78, 5) is 70.0. The predicted molar refractivity (Wildman–Crippen MR) is 181 cm³/mol. The Balaban J connectivity index is 1.85. The number of methoxy groups -OCH3 is 1. The zero-order valence-corrected chi connectivity index (χ0v) is 31.3. The monoisotopic (exact) mass is 755 g/mol. The van der Waals surface area contributed by atoms with Gasteiger partial charge in [0.25, 0.3) is 0 Å². The highest BCUT2D eigenvalue weighted by molar-refractivity contribution is 8.07. The van der Waals surface area contributed by atoms with E-state index >= 15 is 0 Å². The molecule has 3 amide bonds. The van der Waals surface area contributed by atoms with Crippen molar-refractivity contribution in [3.63, 3.8) is 0 Å². The summed E-state index contributed by atoms with van der Waals surface area (Å²) < 4.78 is 49.7. The Kier molecular flexibility index (Phi) is 19.1. The molecule has 0 aromatic carbocycles. The van der Waals surface area contributed by atoms with E-state index in [1.54, 1.807) is 7.11 Å². The molecule has 4 N–H and O–H groups in total. The number of ether oxygens (including phenoxy) is 7. The number of nitrogens with one attached hydrogen (secondary N) is 3. The molecule has 2 aliphatic rings. The topological polar surface area (TPSA) is 225 Å².